The molecule has 0 aliphatic carbocycles. The Hall–Kier alpha value is -1.82. The van der Waals surface area contributed by atoms with E-state index in [1.54, 1.807) is 17.0 Å². The van der Waals surface area contributed by atoms with Crippen molar-refractivity contribution in [3.8, 4) is 0 Å². The summed E-state index contributed by atoms with van der Waals surface area (Å²) in [5.41, 5.74) is 0.351. The highest BCUT2D eigenvalue weighted by atomic mass is 35.5. The highest BCUT2D eigenvalue weighted by Gasteiger charge is 2.45. The number of alkyl halides is 3. The van der Waals surface area contributed by atoms with Crippen LogP contribution in [0.25, 0.3) is 21.5 Å². The molecule has 1 aliphatic heterocycles. The fourth-order valence-electron chi connectivity index (χ4n) is 3.83. The van der Waals surface area contributed by atoms with Crippen molar-refractivity contribution in [2.75, 3.05) is 26.2 Å². The molecule has 1 atom stereocenters. The Kier molecular flexibility index (Phi) is 5.42. The summed E-state index contributed by atoms with van der Waals surface area (Å²) in [5, 5.41) is 6.52. The normalized spacial score (nSPS) is 17.2. The quantitative estimate of drug-likeness (QED) is 0.634. The molecule has 0 spiro atoms. The van der Waals surface area contributed by atoms with Crippen LogP contribution in [0.3, 0.4) is 0 Å². The van der Waals surface area contributed by atoms with Crippen molar-refractivity contribution < 1.29 is 13.2 Å². The summed E-state index contributed by atoms with van der Waals surface area (Å²) in [6, 6.07) is 15.2. The van der Waals surface area contributed by atoms with Crippen LogP contribution in [0.2, 0.25) is 0 Å². The number of rotatable bonds is 2. The Balaban J connectivity index is 0.00000196. The van der Waals surface area contributed by atoms with Crippen molar-refractivity contribution in [2.45, 2.75) is 12.2 Å². The molecule has 0 unspecified atom stereocenters. The number of nitrogens with zero attached hydrogens (tertiary/aromatic N) is 1. The zero-order valence-electron chi connectivity index (χ0n) is 14.1. The molecule has 26 heavy (non-hydrogen) atoms. The molecule has 3 aromatic rings. The van der Waals surface area contributed by atoms with Crippen molar-refractivity contribution in [1.82, 2.24) is 10.2 Å². The van der Waals surface area contributed by atoms with Crippen LogP contribution in [-0.4, -0.2) is 37.3 Å². The monoisotopic (exact) mass is 380 g/mol. The average Bonchev–Trinajstić information content (AvgIpc) is 2.62. The molecule has 1 fully saturated rings. The van der Waals surface area contributed by atoms with Gasteiger partial charge in [0.2, 0.25) is 0 Å². The SMILES string of the molecule is Cl.FC(F)(F)[C@H](c1cc2ccccc2c2ccccc12)N1CCNCC1. The van der Waals surface area contributed by atoms with Crippen molar-refractivity contribution in [1.29, 1.82) is 0 Å². The molecule has 0 bridgehead atoms. The van der Waals surface area contributed by atoms with Gasteiger partial charge in [0.1, 0.15) is 6.04 Å². The first-order valence-electron chi connectivity index (χ1n) is 8.47. The minimum atomic E-state index is -4.32. The third-order valence-corrected chi connectivity index (χ3v) is 4.92. The van der Waals surface area contributed by atoms with Gasteiger partial charge in [-0.15, -0.1) is 12.4 Å². The first-order chi connectivity index (χ1) is 12.1. The van der Waals surface area contributed by atoms with Crippen LogP contribution in [0.4, 0.5) is 13.2 Å². The number of nitrogens with one attached hydrogen (secondary N) is 1. The van der Waals surface area contributed by atoms with Gasteiger partial charge in [0.25, 0.3) is 0 Å². The molecule has 1 heterocycles. The van der Waals surface area contributed by atoms with Crippen molar-refractivity contribution in [2.24, 2.45) is 0 Å². The second-order valence-corrected chi connectivity index (χ2v) is 6.46. The second kappa shape index (κ2) is 7.43. The van der Waals surface area contributed by atoms with E-state index in [1.165, 1.54) is 0 Å². The second-order valence-electron chi connectivity index (χ2n) is 6.46. The fourth-order valence-corrected chi connectivity index (χ4v) is 3.83. The molecule has 1 saturated heterocycles. The zero-order chi connectivity index (χ0) is 17.4. The molecule has 1 N–H and O–H groups in total. The smallest absolute Gasteiger partial charge is 0.314 e. The van der Waals surface area contributed by atoms with Gasteiger partial charge >= 0.3 is 6.18 Å². The van der Waals surface area contributed by atoms with Gasteiger partial charge in [0, 0.05) is 26.2 Å². The zero-order valence-corrected chi connectivity index (χ0v) is 14.9. The van der Waals surface area contributed by atoms with E-state index in [2.05, 4.69) is 5.32 Å². The molecule has 0 amide bonds. The lowest BCUT2D eigenvalue weighted by atomic mass is 9.92. The fraction of sp³-hybridized carbons (Fsp3) is 0.300. The molecule has 6 heteroatoms. The molecule has 0 saturated carbocycles. The number of piperazine rings is 1. The summed E-state index contributed by atoms with van der Waals surface area (Å²) in [6.45, 7) is 1.95. The van der Waals surface area contributed by atoms with Gasteiger partial charge in [-0.05, 0) is 33.2 Å². The van der Waals surface area contributed by atoms with E-state index in [1.807, 2.05) is 42.5 Å². The van der Waals surface area contributed by atoms with Crippen LogP contribution in [0.5, 0.6) is 0 Å². The van der Waals surface area contributed by atoms with Crippen LogP contribution in [0.15, 0.2) is 54.6 Å². The molecule has 1 aliphatic rings. The lowest BCUT2D eigenvalue weighted by molar-refractivity contribution is -0.187. The van der Waals surface area contributed by atoms with Crippen LogP contribution in [0.1, 0.15) is 11.6 Å². The third kappa shape index (κ3) is 3.39. The summed E-state index contributed by atoms with van der Waals surface area (Å²) in [6.07, 6.45) is -4.32. The van der Waals surface area contributed by atoms with Gasteiger partial charge < -0.3 is 5.32 Å². The standard InChI is InChI=1S/C20H19F3N2.ClH/c21-20(22,23)19(25-11-9-24-10-12-25)18-13-14-5-1-2-6-15(14)16-7-3-4-8-17(16)18;/h1-8,13,19,24H,9-12H2;1H/t19-;/m0./s1. The van der Waals surface area contributed by atoms with Gasteiger partial charge in [-0.1, -0.05) is 48.5 Å². The number of hydrogen-bond acceptors (Lipinski definition) is 2. The van der Waals surface area contributed by atoms with Crippen LogP contribution in [-0.2, 0) is 0 Å². The predicted octanol–water partition coefficient (Wildman–Crippen LogP) is 4.92. The van der Waals surface area contributed by atoms with E-state index in [4.69, 9.17) is 0 Å². The molecule has 0 radical (unpaired) electrons. The molecular weight excluding hydrogens is 361 g/mol. The Morgan fingerprint density at radius 3 is 2.08 bits per heavy atom. The Labute approximate surface area is 156 Å². The number of hydrogen-bond donors (Lipinski definition) is 1. The lowest BCUT2D eigenvalue weighted by Crippen LogP contribution is -2.49. The topological polar surface area (TPSA) is 15.3 Å². The maximum Gasteiger partial charge on any atom is 0.408 e. The number of fused-ring (bicyclic) bond motifs is 3. The van der Waals surface area contributed by atoms with Crippen LogP contribution >= 0.6 is 12.4 Å². The predicted molar refractivity (Wildman–Crippen MR) is 102 cm³/mol. The molecule has 2 nitrogen and oxygen atoms in total. The number of halogens is 4. The van der Waals surface area contributed by atoms with E-state index in [-0.39, 0.29) is 12.4 Å². The molecule has 138 valence electrons. The van der Waals surface area contributed by atoms with Crippen molar-refractivity contribution >= 4 is 34.0 Å². The maximum atomic E-state index is 14.1. The maximum absolute atomic E-state index is 14.1. The van der Waals surface area contributed by atoms with E-state index < -0.39 is 12.2 Å². The number of benzene rings is 3. The van der Waals surface area contributed by atoms with Gasteiger partial charge in [0.15, 0.2) is 0 Å². The van der Waals surface area contributed by atoms with E-state index in [0.29, 0.717) is 37.1 Å². The highest BCUT2D eigenvalue weighted by molar-refractivity contribution is 6.09. The Bertz CT molecular complexity index is 904. The Morgan fingerprint density at radius 2 is 1.42 bits per heavy atom. The summed E-state index contributed by atoms with van der Waals surface area (Å²) >= 11 is 0. The summed E-state index contributed by atoms with van der Waals surface area (Å²) in [7, 11) is 0. The van der Waals surface area contributed by atoms with Crippen molar-refractivity contribution in [3.63, 3.8) is 0 Å². The summed E-state index contributed by atoms with van der Waals surface area (Å²) in [5.74, 6) is 0. The summed E-state index contributed by atoms with van der Waals surface area (Å²) < 4.78 is 42.2. The minimum Gasteiger partial charge on any atom is -0.314 e. The van der Waals surface area contributed by atoms with E-state index in [0.717, 1.165) is 16.2 Å². The molecule has 3 aromatic carbocycles. The van der Waals surface area contributed by atoms with Crippen molar-refractivity contribution in [3.05, 3.63) is 60.2 Å². The average molecular weight is 381 g/mol. The van der Waals surface area contributed by atoms with Gasteiger partial charge in [0.05, 0.1) is 0 Å². The first kappa shape index (κ1) is 19.0. The molecule has 0 aromatic heterocycles. The van der Waals surface area contributed by atoms with Crippen LogP contribution < -0.4 is 5.32 Å². The third-order valence-electron chi connectivity index (χ3n) is 4.92. The largest absolute Gasteiger partial charge is 0.408 e. The van der Waals surface area contributed by atoms with Crippen LogP contribution in [0, 0.1) is 0 Å². The molecular formula is C20H20ClF3N2. The highest BCUT2D eigenvalue weighted by Crippen LogP contribution is 2.42. The lowest BCUT2D eigenvalue weighted by Gasteiger charge is -2.36. The van der Waals surface area contributed by atoms with E-state index >= 15 is 0 Å². The van der Waals surface area contributed by atoms with E-state index in [9.17, 15) is 13.2 Å². The Morgan fingerprint density at radius 1 is 0.846 bits per heavy atom. The van der Waals surface area contributed by atoms with Gasteiger partial charge in [-0.3, -0.25) is 4.90 Å². The van der Waals surface area contributed by atoms with Gasteiger partial charge in [-0.25, -0.2) is 0 Å². The van der Waals surface area contributed by atoms with Gasteiger partial charge in [-0.2, -0.15) is 13.2 Å². The minimum absolute atomic E-state index is 0. The first-order valence-corrected chi connectivity index (χ1v) is 8.47. The summed E-state index contributed by atoms with van der Waals surface area (Å²) in [4.78, 5) is 1.55. The molecule has 4 rings (SSSR count).